The first kappa shape index (κ1) is 16.3. The van der Waals surface area contributed by atoms with Gasteiger partial charge in [-0.2, -0.15) is 0 Å². The molecule has 0 aliphatic carbocycles. The van der Waals surface area contributed by atoms with Crippen LogP contribution in [0.25, 0.3) is 11.0 Å². The number of nitrogens with one attached hydrogen (secondary N) is 1. The number of likely N-dealkylation sites (tertiary alicyclic amines) is 1. The zero-order valence-electron chi connectivity index (χ0n) is 14.4. The van der Waals surface area contributed by atoms with Gasteiger partial charge in [-0.1, -0.05) is 0 Å². The highest BCUT2D eigenvalue weighted by atomic mass is 16.5. The van der Waals surface area contributed by atoms with E-state index in [1.807, 2.05) is 17.0 Å². The molecule has 1 atom stereocenters. The van der Waals surface area contributed by atoms with Crippen LogP contribution >= 0.6 is 0 Å². The monoisotopic (exact) mass is 340 g/mol. The van der Waals surface area contributed by atoms with Crippen molar-refractivity contribution in [1.82, 2.24) is 20.2 Å². The van der Waals surface area contributed by atoms with Crippen molar-refractivity contribution in [2.24, 2.45) is 0 Å². The van der Waals surface area contributed by atoms with Crippen LogP contribution in [0.15, 0.2) is 30.5 Å². The summed E-state index contributed by atoms with van der Waals surface area (Å²) < 4.78 is 5.55. The molecule has 2 amide bonds. The number of carbonyl (C=O) groups is 1. The maximum Gasteiger partial charge on any atom is 0.317 e. The number of fused-ring (bicyclic) bond motifs is 1. The Morgan fingerprint density at radius 2 is 2.12 bits per heavy atom. The number of pyridine rings is 2. The predicted octanol–water partition coefficient (Wildman–Crippen LogP) is 2.70. The fourth-order valence-corrected chi connectivity index (χ4v) is 3.69. The molecule has 1 unspecified atom stereocenters. The highest BCUT2D eigenvalue weighted by Crippen LogP contribution is 2.27. The van der Waals surface area contributed by atoms with Crippen molar-refractivity contribution in [2.45, 2.75) is 37.7 Å². The summed E-state index contributed by atoms with van der Waals surface area (Å²) in [6.07, 6.45) is 6.00. The molecule has 0 radical (unpaired) electrons. The quantitative estimate of drug-likeness (QED) is 0.933. The van der Waals surface area contributed by atoms with Gasteiger partial charge in [0.05, 0.1) is 6.10 Å². The van der Waals surface area contributed by atoms with E-state index < -0.39 is 0 Å². The molecule has 2 aliphatic rings. The highest BCUT2D eigenvalue weighted by molar-refractivity contribution is 5.75. The van der Waals surface area contributed by atoms with Crippen LogP contribution in [0.5, 0.6) is 0 Å². The van der Waals surface area contributed by atoms with Crippen molar-refractivity contribution in [3.8, 4) is 0 Å². The van der Waals surface area contributed by atoms with Crippen molar-refractivity contribution >= 4 is 17.1 Å². The predicted molar refractivity (Wildman–Crippen MR) is 95.5 cm³/mol. The van der Waals surface area contributed by atoms with Crippen LogP contribution < -0.4 is 5.32 Å². The number of amides is 2. The van der Waals surface area contributed by atoms with E-state index in [0.717, 1.165) is 62.1 Å². The molecule has 2 saturated heterocycles. The van der Waals surface area contributed by atoms with E-state index in [1.165, 1.54) is 0 Å². The second-order valence-corrected chi connectivity index (χ2v) is 6.87. The third-order valence-electron chi connectivity index (χ3n) is 5.19. The molecule has 0 spiro atoms. The first-order valence-electron chi connectivity index (χ1n) is 9.15. The van der Waals surface area contributed by atoms with Crippen LogP contribution in [0.1, 0.15) is 37.3 Å². The minimum atomic E-state index is 0.0297. The number of piperidine rings is 1. The van der Waals surface area contributed by atoms with E-state index in [9.17, 15) is 4.79 Å². The van der Waals surface area contributed by atoms with E-state index in [4.69, 9.17) is 9.72 Å². The number of urea groups is 1. The molecule has 2 aliphatic heterocycles. The first-order chi connectivity index (χ1) is 12.3. The Labute approximate surface area is 147 Å². The average molecular weight is 340 g/mol. The smallest absolute Gasteiger partial charge is 0.317 e. The summed E-state index contributed by atoms with van der Waals surface area (Å²) in [7, 11) is 0. The summed E-state index contributed by atoms with van der Waals surface area (Å²) in [4.78, 5) is 23.3. The van der Waals surface area contributed by atoms with Crippen LogP contribution in [-0.4, -0.2) is 53.2 Å². The second-order valence-electron chi connectivity index (χ2n) is 6.87. The molecule has 6 heteroatoms. The molecule has 2 fully saturated rings. The summed E-state index contributed by atoms with van der Waals surface area (Å²) >= 11 is 0. The first-order valence-corrected chi connectivity index (χ1v) is 9.15. The summed E-state index contributed by atoms with van der Waals surface area (Å²) in [5, 5.41) is 4.08. The number of ether oxygens (including phenoxy) is 1. The minimum Gasteiger partial charge on any atom is -0.376 e. The van der Waals surface area contributed by atoms with Crippen LogP contribution in [0.2, 0.25) is 0 Å². The maximum absolute atomic E-state index is 12.3. The molecule has 1 N–H and O–H groups in total. The van der Waals surface area contributed by atoms with Gasteiger partial charge >= 0.3 is 6.03 Å². The van der Waals surface area contributed by atoms with E-state index >= 15 is 0 Å². The Kier molecular flexibility index (Phi) is 4.78. The van der Waals surface area contributed by atoms with Gasteiger partial charge in [0.25, 0.3) is 0 Å². The molecular weight excluding hydrogens is 316 g/mol. The normalized spacial score (nSPS) is 21.6. The molecular formula is C19H24N4O2. The van der Waals surface area contributed by atoms with Crippen molar-refractivity contribution in [1.29, 1.82) is 0 Å². The average Bonchev–Trinajstić information content (AvgIpc) is 3.19. The van der Waals surface area contributed by atoms with Gasteiger partial charge in [0.15, 0.2) is 5.65 Å². The number of rotatable bonds is 3. The number of aromatic nitrogens is 2. The number of hydrogen-bond donors (Lipinski definition) is 1. The molecule has 25 heavy (non-hydrogen) atoms. The van der Waals surface area contributed by atoms with Gasteiger partial charge in [0.1, 0.15) is 0 Å². The SMILES string of the molecule is O=C(NCC1CCCO1)N1CCC(c2ccc3cccnc3n2)CC1. The molecule has 2 aromatic rings. The van der Waals surface area contributed by atoms with Gasteiger partial charge < -0.3 is 15.0 Å². The summed E-state index contributed by atoms with van der Waals surface area (Å²) in [5.41, 5.74) is 1.89. The third kappa shape index (κ3) is 3.74. The molecule has 0 aromatic carbocycles. The van der Waals surface area contributed by atoms with Crippen molar-refractivity contribution in [2.75, 3.05) is 26.2 Å². The van der Waals surface area contributed by atoms with Gasteiger partial charge in [-0.05, 0) is 49.9 Å². The van der Waals surface area contributed by atoms with Gasteiger partial charge in [-0.25, -0.2) is 14.8 Å². The largest absolute Gasteiger partial charge is 0.376 e. The van der Waals surface area contributed by atoms with Crippen molar-refractivity contribution < 1.29 is 9.53 Å². The number of nitrogens with zero attached hydrogens (tertiary/aromatic N) is 3. The van der Waals surface area contributed by atoms with Gasteiger partial charge in [0.2, 0.25) is 0 Å². The lowest BCUT2D eigenvalue weighted by Gasteiger charge is -2.32. The molecule has 132 valence electrons. The topological polar surface area (TPSA) is 67.3 Å². The van der Waals surface area contributed by atoms with Gasteiger partial charge in [-0.15, -0.1) is 0 Å². The molecule has 4 rings (SSSR count). The van der Waals surface area contributed by atoms with E-state index in [2.05, 4.69) is 22.4 Å². The Balaban J connectivity index is 1.31. The Morgan fingerprint density at radius 1 is 1.24 bits per heavy atom. The summed E-state index contributed by atoms with van der Waals surface area (Å²) in [5.74, 6) is 0.397. The lowest BCUT2D eigenvalue weighted by molar-refractivity contribution is 0.108. The van der Waals surface area contributed by atoms with E-state index in [-0.39, 0.29) is 12.1 Å². The minimum absolute atomic E-state index is 0.0297. The van der Waals surface area contributed by atoms with Gasteiger partial charge in [0, 0.05) is 49.4 Å². The lowest BCUT2D eigenvalue weighted by Crippen LogP contribution is -2.46. The van der Waals surface area contributed by atoms with Crippen molar-refractivity contribution in [3.05, 3.63) is 36.2 Å². The molecule has 0 saturated carbocycles. The van der Waals surface area contributed by atoms with Crippen molar-refractivity contribution in [3.63, 3.8) is 0 Å². The van der Waals surface area contributed by atoms with E-state index in [1.54, 1.807) is 6.20 Å². The zero-order chi connectivity index (χ0) is 17.1. The fourth-order valence-electron chi connectivity index (χ4n) is 3.69. The van der Waals surface area contributed by atoms with Gasteiger partial charge in [-0.3, -0.25) is 0 Å². The summed E-state index contributed by atoms with van der Waals surface area (Å²) in [6.45, 7) is 2.98. The lowest BCUT2D eigenvalue weighted by atomic mass is 9.93. The molecule has 4 heterocycles. The Hall–Kier alpha value is -2.21. The molecule has 0 bridgehead atoms. The molecule has 6 nitrogen and oxygen atoms in total. The maximum atomic E-state index is 12.3. The fraction of sp³-hybridized carbons (Fsp3) is 0.526. The van der Waals surface area contributed by atoms with Crippen LogP contribution in [0.3, 0.4) is 0 Å². The third-order valence-corrected chi connectivity index (χ3v) is 5.19. The van der Waals surface area contributed by atoms with Crippen LogP contribution in [-0.2, 0) is 4.74 Å². The van der Waals surface area contributed by atoms with E-state index in [0.29, 0.717) is 12.5 Å². The standard InChI is InChI=1S/C19H24N4O2/c24-19(21-13-16-4-2-12-25-16)23-10-7-14(8-11-23)17-6-5-15-3-1-9-20-18(15)22-17/h1,3,5-6,9,14,16H,2,4,7-8,10-13H2,(H,21,24). The zero-order valence-corrected chi connectivity index (χ0v) is 14.4. The number of hydrogen-bond acceptors (Lipinski definition) is 4. The Morgan fingerprint density at radius 3 is 2.92 bits per heavy atom. The Bertz CT molecular complexity index is 737. The second kappa shape index (κ2) is 7.35. The highest BCUT2D eigenvalue weighted by Gasteiger charge is 2.25. The number of carbonyl (C=O) groups excluding carboxylic acids is 1. The van der Waals surface area contributed by atoms with Crippen LogP contribution in [0.4, 0.5) is 4.79 Å². The summed E-state index contributed by atoms with van der Waals surface area (Å²) in [6, 6.07) is 8.17. The molecule has 2 aromatic heterocycles. The van der Waals surface area contributed by atoms with Crippen LogP contribution in [0, 0.1) is 0 Å².